The third-order valence-electron chi connectivity index (χ3n) is 2.77. The predicted molar refractivity (Wildman–Crippen MR) is 67.8 cm³/mol. The van der Waals surface area contributed by atoms with E-state index in [-0.39, 0.29) is 0 Å². The number of carbonyl (C=O) groups excluding carboxylic acids is 1. The fourth-order valence-electron chi connectivity index (χ4n) is 1.54. The normalized spacial score (nSPS) is 14.7. The Morgan fingerprint density at radius 3 is 2.45 bits per heavy atom. The molecule has 0 fully saturated rings. The van der Waals surface area contributed by atoms with Gasteiger partial charge in [-0.2, -0.15) is 13.2 Å². The van der Waals surface area contributed by atoms with E-state index in [9.17, 15) is 18.0 Å². The molecule has 0 bridgehead atoms. The zero-order valence-corrected chi connectivity index (χ0v) is 10.7. The van der Waals surface area contributed by atoms with Crippen LogP contribution in [0.25, 0.3) is 0 Å². The summed E-state index contributed by atoms with van der Waals surface area (Å²) in [7, 11) is 0. The third kappa shape index (κ3) is 5.58. The maximum atomic E-state index is 12.0. The van der Waals surface area contributed by atoms with Crippen molar-refractivity contribution in [2.45, 2.75) is 31.2 Å². The van der Waals surface area contributed by atoms with E-state index in [2.05, 4.69) is 0 Å². The first kappa shape index (κ1) is 16.5. The van der Waals surface area contributed by atoms with Gasteiger partial charge in [0.15, 0.2) is 6.10 Å². The number of carbonyl (C=O) groups is 1. The summed E-state index contributed by atoms with van der Waals surface area (Å²) in [5, 5.41) is 10.7. The molecule has 4 nitrogen and oxygen atoms in total. The standard InChI is InChI=1S/C13H17F3N2O2/c14-13(15,16)11(19)8-18-12(20)10(17)7-6-9-4-2-1-3-5-9/h1-5,10-11,19H,6-8,17H2,(H,18,20)/t10-,11?/m0/s1. The van der Waals surface area contributed by atoms with Gasteiger partial charge in [0.25, 0.3) is 0 Å². The molecule has 0 aromatic heterocycles. The van der Waals surface area contributed by atoms with E-state index < -0.39 is 30.8 Å². The summed E-state index contributed by atoms with van der Waals surface area (Å²) in [6.07, 6.45) is -6.45. The predicted octanol–water partition coefficient (Wildman–Crippen LogP) is 0.986. The van der Waals surface area contributed by atoms with Gasteiger partial charge in [0.2, 0.25) is 5.91 Å². The Morgan fingerprint density at radius 1 is 1.30 bits per heavy atom. The molecule has 1 unspecified atom stereocenters. The van der Waals surface area contributed by atoms with Gasteiger partial charge < -0.3 is 16.2 Å². The summed E-state index contributed by atoms with van der Waals surface area (Å²) < 4.78 is 36.1. The number of aliphatic hydroxyl groups excluding tert-OH is 1. The molecule has 0 saturated carbocycles. The molecule has 1 aromatic carbocycles. The van der Waals surface area contributed by atoms with Gasteiger partial charge in [-0.25, -0.2) is 0 Å². The third-order valence-corrected chi connectivity index (χ3v) is 2.77. The largest absolute Gasteiger partial charge is 0.416 e. The van der Waals surface area contributed by atoms with Crippen molar-refractivity contribution in [2.24, 2.45) is 5.73 Å². The summed E-state index contributed by atoms with van der Waals surface area (Å²) in [5.41, 5.74) is 6.58. The lowest BCUT2D eigenvalue weighted by atomic mass is 10.1. The average Bonchev–Trinajstić information content (AvgIpc) is 2.41. The van der Waals surface area contributed by atoms with Crippen LogP contribution in [0.1, 0.15) is 12.0 Å². The number of aliphatic hydroxyl groups is 1. The molecule has 20 heavy (non-hydrogen) atoms. The minimum Gasteiger partial charge on any atom is -0.382 e. The van der Waals surface area contributed by atoms with Crippen molar-refractivity contribution in [2.75, 3.05) is 6.54 Å². The SMILES string of the molecule is N[C@@H](CCc1ccccc1)C(=O)NCC(O)C(F)(F)F. The number of nitrogens with one attached hydrogen (secondary N) is 1. The van der Waals surface area contributed by atoms with Gasteiger partial charge in [0.1, 0.15) is 0 Å². The fourth-order valence-corrected chi connectivity index (χ4v) is 1.54. The monoisotopic (exact) mass is 290 g/mol. The van der Waals surface area contributed by atoms with Crippen LogP contribution in [0.2, 0.25) is 0 Å². The molecule has 0 aliphatic heterocycles. The molecule has 0 aliphatic rings. The van der Waals surface area contributed by atoms with Crippen molar-refractivity contribution >= 4 is 5.91 Å². The van der Waals surface area contributed by atoms with Gasteiger partial charge in [-0.05, 0) is 18.4 Å². The van der Waals surface area contributed by atoms with E-state index in [0.717, 1.165) is 5.56 Å². The number of nitrogens with two attached hydrogens (primary N) is 1. The summed E-state index contributed by atoms with van der Waals surface area (Å²) in [5.74, 6) is -0.704. The highest BCUT2D eigenvalue weighted by atomic mass is 19.4. The van der Waals surface area contributed by atoms with E-state index >= 15 is 0 Å². The van der Waals surface area contributed by atoms with Crippen molar-refractivity contribution in [3.63, 3.8) is 0 Å². The second kappa shape index (κ2) is 7.25. The molecule has 7 heteroatoms. The van der Waals surface area contributed by atoms with Crippen molar-refractivity contribution < 1.29 is 23.1 Å². The summed E-state index contributed by atoms with van der Waals surface area (Å²) in [6.45, 7) is -0.888. The van der Waals surface area contributed by atoms with Crippen molar-refractivity contribution in [3.05, 3.63) is 35.9 Å². The smallest absolute Gasteiger partial charge is 0.382 e. The van der Waals surface area contributed by atoms with Crippen molar-refractivity contribution in [1.29, 1.82) is 0 Å². The Bertz CT molecular complexity index is 423. The van der Waals surface area contributed by atoms with E-state index in [1.54, 1.807) is 0 Å². The molecule has 0 radical (unpaired) electrons. The highest BCUT2D eigenvalue weighted by Gasteiger charge is 2.38. The van der Waals surface area contributed by atoms with Crippen molar-refractivity contribution in [1.82, 2.24) is 5.32 Å². The highest BCUT2D eigenvalue weighted by Crippen LogP contribution is 2.19. The van der Waals surface area contributed by atoms with Crippen LogP contribution in [0.3, 0.4) is 0 Å². The van der Waals surface area contributed by atoms with Crippen LogP contribution in [0.15, 0.2) is 30.3 Å². The van der Waals surface area contributed by atoms with Crippen LogP contribution in [0.4, 0.5) is 13.2 Å². The van der Waals surface area contributed by atoms with Gasteiger partial charge in [-0.3, -0.25) is 4.79 Å². The van der Waals surface area contributed by atoms with Crippen LogP contribution in [0, 0.1) is 0 Å². The van der Waals surface area contributed by atoms with Gasteiger partial charge >= 0.3 is 6.18 Å². The molecule has 4 N–H and O–H groups in total. The zero-order valence-electron chi connectivity index (χ0n) is 10.7. The Labute approximate surface area is 114 Å². The van der Waals surface area contributed by atoms with Gasteiger partial charge in [-0.15, -0.1) is 0 Å². The van der Waals surface area contributed by atoms with Crippen LogP contribution < -0.4 is 11.1 Å². The summed E-state index contributed by atoms with van der Waals surface area (Å²) >= 11 is 0. The van der Waals surface area contributed by atoms with Crippen LogP contribution >= 0.6 is 0 Å². The topological polar surface area (TPSA) is 75.4 Å². The molecule has 0 aliphatic carbocycles. The first-order valence-corrected chi connectivity index (χ1v) is 6.12. The summed E-state index contributed by atoms with van der Waals surface area (Å²) in [4.78, 5) is 11.5. The molecule has 2 atom stereocenters. The van der Waals surface area contributed by atoms with E-state index in [1.165, 1.54) is 0 Å². The number of hydrogen-bond acceptors (Lipinski definition) is 3. The molecule has 1 amide bonds. The maximum Gasteiger partial charge on any atom is 0.416 e. The minimum absolute atomic E-state index is 0.317. The Morgan fingerprint density at radius 2 is 1.90 bits per heavy atom. The number of alkyl halides is 3. The Balaban J connectivity index is 2.33. The average molecular weight is 290 g/mol. The Hall–Kier alpha value is -1.60. The minimum atomic E-state index is -4.75. The van der Waals surface area contributed by atoms with Crippen LogP contribution in [-0.2, 0) is 11.2 Å². The highest BCUT2D eigenvalue weighted by molar-refractivity contribution is 5.81. The van der Waals surface area contributed by atoms with Gasteiger partial charge in [0.05, 0.1) is 12.6 Å². The lowest BCUT2D eigenvalue weighted by Crippen LogP contribution is -2.46. The second-order valence-electron chi connectivity index (χ2n) is 4.43. The van der Waals surface area contributed by atoms with E-state index in [4.69, 9.17) is 10.8 Å². The molecule has 0 heterocycles. The number of benzene rings is 1. The molecule has 1 aromatic rings. The lowest BCUT2D eigenvalue weighted by Gasteiger charge is -2.17. The quantitative estimate of drug-likeness (QED) is 0.731. The van der Waals surface area contributed by atoms with Crippen molar-refractivity contribution in [3.8, 4) is 0 Å². The number of amides is 1. The zero-order chi connectivity index (χ0) is 15.2. The fraction of sp³-hybridized carbons (Fsp3) is 0.462. The molecular formula is C13H17F3N2O2. The molecule has 112 valence electrons. The van der Waals surface area contributed by atoms with Gasteiger partial charge in [-0.1, -0.05) is 30.3 Å². The molecule has 1 rings (SSSR count). The molecular weight excluding hydrogens is 273 g/mol. The van der Waals surface area contributed by atoms with Crippen LogP contribution in [-0.4, -0.2) is 35.9 Å². The number of halogens is 3. The second-order valence-corrected chi connectivity index (χ2v) is 4.43. The Kier molecular flexibility index (Phi) is 5.97. The first-order chi connectivity index (χ1) is 9.30. The lowest BCUT2D eigenvalue weighted by molar-refractivity contribution is -0.201. The van der Waals surface area contributed by atoms with Gasteiger partial charge in [0, 0.05) is 0 Å². The number of aryl methyl sites for hydroxylation is 1. The number of rotatable bonds is 6. The maximum absolute atomic E-state index is 12.0. The van der Waals surface area contributed by atoms with E-state index in [0.29, 0.717) is 12.8 Å². The first-order valence-electron chi connectivity index (χ1n) is 6.12. The van der Waals surface area contributed by atoms with Crippen LogP contribution in [0.5, 0.6) is 0 Å². The molecule has 0 spiro atoms. The number of hydrogen-bond donors (Lipinski definition) is 3. The molecule has 0 saturated heterocycles. The van der Waals surface area contributed by atoms with E-state index in [1.807, 2.05) is 35.6 Å². The summed E-state index contributed by atoms with van der Waals surface area (Å²) in [6, 6.07) is 8.39.